The number of rotatable bonds is 3. The molecule has 1 amide bonds. The zero-order valence-electron chi connectivity index (χ0n) is 11.1. The maximum Gasteiger partial charge on any atom is 0.256 e. The Morgan fingerprint density at radius 1 is 1.24 bits per heavy atom. The standard InChI is InChI=1S/C13H14Cl2N2O3S/c14-11-5-8(6-16-12(11)15)13(18)17(9-1-2-9)10-3-4-21(19,20)7-10/h5-6,9-10H,1-4,7H2. The summed E-state index contributed by atoms with van der Waals surface area (Å²) < 4.78 is 23.3. The summed E-state index contributed by atoms with van der Waals surface area (Å²) in [4.78, 5) is 18.3. The van der Waals surface area contributed by atoms with Gasteiger partial charge in [-0.25, -0.2) is 13.4 Å². The van der Waals surface area contributed by atoms with E-state index in [1.165, 1.54) is 12.3 Å². The summed E-state index contributed by atoms with van der Waals surface area (Å²) in [7, 11) is -3.03. The van der Waals surface area contributed by atoms with Gasteiger partial charge < -0.3 is 4.90 Å². The van der Waals surface area contributed by atoms with Gasteiger partial charge in [0.2, 0.25) is 0 Å². The highest BCUT2D eigenvalue weighted by Crippen LogP contribution is 2.34. The van der Waals surface area contributed by atoms with E-state index in [1.807, 2.05) is 0 Å². The Balaban J connectivity index is 1.87. The Morgan fingerprint density at radius 3 is 2.48 bits per heavy atom. The lowest BCUT2D eigenvalue weighted by Crippen LogP contribution is -2.42. The molecule has 3 rings (SSSR count). The van der Waals surface area contributed by atoms with E-state index in [4.69, 9.17) is 23.2 Å². The molecule has 2 fully saturated rings. The van der Waals surface area contributed by atoms with Crippen molar-refractivity contribution in [3.05, 3.63) is 28.0 Å². The molecule has 21 heavy (non-hydrogen) atoms. The predicted molar refractivity (Wildman–Crippen MR) is 80.5 cm³/mol. The molecule has 1 saturated heterocycles. The van der Waals surface area contributed by atoms with E-state index in [-0.39, 0.29) is 39.7 Å². The number of carbonyl (C=O) groups is 1. The number of sulfone groups is 1. The van der Waals surface area contributed by atoms with Gasteiger partial charge in [0, 0.05) is 18.3 Å². The molecule has 2 aliphatic rings. The van der Waals surface area contributed by atoms with Crippen molar-refractivity contribution >= 4 is 38.9 Å². The van der Waals surface area contributed by atoms with Gasteiger partial charge in [-0.1, -0.05) is 23.2 Å². The van der Waals surface area contributed by atoms with Crippen molar-refractivity contribution in [2.75, 3.05) is 11.5 Å². The Labute approximate surface area is 133 Å². The van der Waals surface area contributed by atoms with Crippen molar-refractivity contribution in [2.24, 2.45) is 0 Å². The fourth-order valence-electron chi connectivity index (χ4n) is 2.66. The van der Waals surface area contributed by atoms with Crippen LogP contribution in [0.4, 0.5) is 0 Å². The summed E-state index contributed by atoms with van der Waals surface area (Å²) in [5.74, 6) is -0.0247. The van der Waals surface area contributed by atoms with Crippen LogP contribution in [0.2, 0.25) is 10.2 Å². The maximum absolute atomic E-state index is 12.7. The minimum absolute atomic E-state index is 0.0456. The molecule has 0 radical (unpaired) electrons. The molecule has 5 nitrogen and oxygen atoms in total. The molecule has 114 valence electrons. The average Bonchev–Trinajstić information content (AvgIpc) is 3.17. The first kappa shape index (κ1) is 15.1. The summed E-state index contributed by atoms with van der Waals surface area (Å²) in [6.45, 7) is 0. The largest absolute Gasteiger partial charge is 0.332 e. The Morgan fingerprint density at radius 2 is 1.95 bits per heavy atom. The van der Waals surface area contributed by atoms with Crippen LogP contribution in [0.5, 0.6) is 0 Å². The van der Waals surface area contributed by atoms with Crippen LogP contribution >= 0.6 is 23.2 Å². The van der Waals surface area contributed by atoms with E-state index >= 15 is 0 Å². The maximum atomic E-state index is 12.7. The second-order valence-electron chi connectivity index (χ2n) is 5.50. The second-order valence-corrected chi connectivity index (χ2v) is 8.49. The van der Waals surface area contributed by atoms with Gasteiger partial charge in [0.15, 0.2) is 9.84 Å². The summed E-state index contributed by atoms with van der Waals surface area (Å²) in [5, 5.41) is 0.368. The van der Waals surface area contributed by atoms with Crippen molar-refractivity contribution in [3.63, 3.8) is 0 Å². The number of halogens is 2. The van der Waals surface area contributed by atoms with Gasteiger partial charge in [0.05, 0.1) is 22.1 Å². The molecule has 1 aliphatic heterocycles. The molecule has 0 spiro atoms. The molecule has 0 bridgehead atoms. The lowest BCUT2D eigenvalue weighted by Gasteiger charge is -2.28. The first-order chi connectivity index (χ1) is 9.87. The van der Waals surface area contributed by atoms with Gasteiger partial charge in [0.25, 0.3) is 5.91 Å². The van der Waals surface area contributed by atoms with E-state index in [1.54, 1.807) is 4.90 Å². The fraction of sp³-hybridized carbons (Fsp3) is 0.538. The third kappa shape index (κ3) is 3.17. The van der Waals surface area contributed by atoms with Gasteiger partial charge in [-0.3, -0.25) is 4.79 Å². The van der Waals surface area contributed by atoms with Gasteiger partial charge in [-0.05, 0) is 25.3 Å². The van der Waals surface area contributed by atoms with Crippen molar-refractivity contribution in [1.29, 1.82) is 0 Å². The zero-order valence-corrected chi connectivity index (χ0v) is 13.5. The minimum atomic E-state index is -3.03. The number of pyridine rings is 1. The van der Waals surface area contributed by atoms with Gasteiger partial charge in [0.1, 0.15) is 5.15 Å². The van der Waals surface area contributed by atoms with Crippen LogP contribution in [-0.4, -0.2) is 47.8 Å². The van der Waals surface area contributed by atoms with Crippen molar-refractivity contribution < 1.29 is 13.2 Å². The molecule has 0 N–H and O–H groups in total. The Kier molecular flexibility index (Phi) is 3.88. The molecule has 1 saturated carbocycles. The topological polar surface area (TPSA) is 67.3 Å². The summed E-state index contributed by atoms with van der Waals surface area (Å²) in [6.07, 6.45) is 3.71. The van der Waals surface area contributed by atoms with Gasteiger partial charge >= 0.3 is 0 Å². The van der Waals surface area contributed by atoms with Crippen LogP contribution in [0.1, 0.15) is 29.6 Å². The van der Waals surface area contributed by atoms with Crippen LogP contribution in [0, 0.1) is 0 Å². The molecular formula is C13H14Cl2N2O3S. The normalized spacial score (nSPS) is 24.0. The molecule has 0 aromatic carbocycles. The minimum Gasteiger partial charge on any atom is -0.332 e. The van der Waals surface area contributed by atoms with Gasteiger partial charge in [-0.2, -0.15) is 0 Å². The van der Waals surface area contributed by atoms with E-state index in [0.717, 1.165) is 12.8 Å². The quantitative estimate of drug-likeness (QED) is 0.785. The number of carbonyl (C=O) groups excluding carboxylic acids is 1. The van der Waals surface area contributed by atoms with Crippen molar-refractivity contribution in [3.8, 4) is 0 Å². The molecule has 8 heteroatoms. The summed E-state index contributed by atoms with van der Waals surface area (Å²) >= 11 is 11.7. The van der Waals surface area contributed by atoms with E-state index < -0.39 is 9.84 Å². The summed E-state index contributed by atoms with van der Waals surface area (Å²) in [5.41, 5.74) is 0.348. The molecule has 1 unspecified atom stereocenters. The fourth-order valence-corrected chi connectivity index (χ4v) is 4.65. The van der Waals surface area contributed by atoms with Crippen LogP contribution in [0.25, 0.3) is 0 Å². The van der Waals surface area contributed by atoms with E-state index in [9.17, 15) is 13.2 Å². The first-order valence-corrected chi connectivity index (χ1v) is 9.29. The third-order valence-electron chi connectivity index (χ3n) is 3.82. The summed E-state index contributed by atoms with van der Waals surface area (Å²) in [6, 6.07) is 1.37. The third-order valence-corrected chi connectivity index (χ3v) is 6.26. The predicted octanol–water partition coefficient (Wildman–Crippen LogP) is 2.18. The second kappa shape index (κ2) is 5.41. The lowest BCUT2D eigenvalue weighted by atomic mass is 10.1. The number of amides is 1. The molecule has 1 aliphatic carbocycles. The number of aromatic nitrogens is 1. The number of nitrogens with zero attached hydrogens (tertiary/aromatic N) is 2. The molecule has 1 aromatic heterocycles. The van der Waals surface area contributed by atoms with E-state index in [0.29, 0.717) is 12.0 Å². The van der Waals surface area contributed by atoms with Crippen LogP contribution < -0.4 is 0 Å². The number of hydrogen-bond donors (Lipinski definition) is 0. The van der Waals surface area contributed by atoms with Crippen LogP contribution in [-0.2, 0) is 9.84 Å². The highest BCUT2D eigenvalue weighted by Gasteiger charge is 2.42. The van der Waals surface area contributed by atoms with E-state index in [2.05, 4.69) is 4.98 Å². The molecular weight excluding hydrogens is 335 g/mol. The molecule has 1 aromatic rings. The van der Waals surface area contributed by atoms with Crippen molar-refractivity contribution in [2.45, 2.75) is 31.3 Å². The van der Waals surface area contributed by atoms with Crippen LogP contribution in [0.3, 0.4) is 0 Å². The molecule has 2 heterocycles. The Bertz CT molecular complexity index is 689. The average molecular weight is 349 g/mol. The van der Waals surface area contributed by atoms with Crippen molar-refractivity contribution in [1.82, 2.24) is 9.88 Å². The first-order valence-electron chi connectivity index (χ1n) is 6.71. The Hall–Kier alpha value is -0.850. The smallest absolute Gasteiger partial charge is 0.256 e. The van der Waals surface area contributed by atoms with Gasteiger partial charge in [-0.15, -0.1) is 0 Å². The SMILES string of the molecule is O=C(c1cnc(Cl)c(Cl)c1)N(C1CC1)C1CCS(=O)(=O)C1. The number of hydrogen-bond acceptors (Lipinski definition) is 4. The highest BCUT2D eigenvalue weighted by atomic mass is 35.5. The molecule has 1 atom stereocenters. The monoisotopic (exact) mass is 348 g/mol. The van der Waals surface area contributed by atoms with Crippen LogP contribution in [0.15, 0.2) is 12.3 Å². The highest BCUT2D eigenvalue weighted by molar-refractivity contribution is 7.91. The zero-order chi connectivity index (χ0) is 15.2. The lowest BCUT2D eigenvalue weighted by molar-refractivity contribution is 0.0680.